The topological polar surface area (TPSA) is 35.5 Å². The van der Waals surface area contributed by atoms with Crippen LogP contribution in [0.2, 0.25) is 0 Å². The zero-order valence-corrected chi connectivity index (χ0v) is 13.7. The van der Waals surface area contributed by atoms with Crippen molar-refractivity contribution in [3.8, 4) is 0 Å². The van der Waals surface area contributed by atoms with E-state index in [0.29, 0.717) is 12.2 Å². The lowest BCUT2D eigenvalue weighted by Gasteiger charge is -2.44. The molecule has 6 atom stereocenters. The second-order valence-electron chi connectivity index (χ2n) is 8.09. The SMILES string of the molecule is O=C1CC[C@@H]2O[C@@H](c3ccccc3)[C@H]3C4=C(CCC4)[C@@H]4C[C@@H]1[C@]23O4. The third kappa shape index (κ3) is 1.49. The van der Waals surface area contributed by atoms with E-state index in [1.54, 1.807) is 5.57 Å². The minimum absolute atomic E-state index is 0.0468. The highest BCUT2D eigenvalue weighted by Gasteiger charge is 2.71. The molecule has 1 aromatic carbocycles. The summed E-state index contributed by atoms with van der Waals surface area (Å²) in [6.07, 6.45) is 6.25. The Morgan fingerprint density at radius 3 is 2.75 bits per heavy atom. The van der Waals surface area contributed by atoms with Crippen LogP contribution in [0.5, 0.6) is 0 Å². The molecule has 1 aromatic rings. The van der Waals surface area contributed by atoms with E-state index in [9.17, 15) is 4.79 Å². The molecule has 1 saturated carbocycles. The minimum Gasteiger partial charge on any atom is -0.366 e. The summed E-state index contributed by atoms with van der Waals surface area (Å²) in [5.41, 5.74) is 3.96. The number of ketones is 1. The normalized spacial score (nSPS) is 45.5. The lowest BCUT2D eigenvalue weighted by atomic mass is 9.64. The first-order valence-corrected chi connectivity index (χ1v) is 9.42. The highest BCUT2D eigenvalue weighted by molar-refractivity contribution is 5.84. The van der Waals surface area contributed by atoms with Gasteiger partial charge in [-0.2, -0.15) is 0 Å². The molecule has 2 bridgehead atoms. The van der Waals surface area contributed by atoms with Crippen molar-refractivity contribution in [1.82, 2.24) is 0 Å². The zero-order valence-electron chi connectivity index (χ0n) is 13.7. The molecular formula is C21H22O3. The van der Waals surface area contributed by atoms with Gasteiger partial charge in [0.15, 0.2) is 0 Å². The molecule has 0 aromatic heterocycles. The van der Waals surface area contributed by atoms with Gasteiger partial charge in [-0.05, 0) is 43.2 Å². The van der Waals surface area contributed by atoms with Gasteiger partial charge in [0.05, 0.1) is 24.2 Å². The van der Waals surface area contributed by atoms with E-state index in [1.807, 2.05) is 0 Å². The zero-order chi connectivity index (χ0) is 15.9. The summed E-state index contributed by atoms with van der Waals surface area (Å²) in [6.45, 7) is 0. The van der Waals surface area contributed by atoms with Crippen molar-refractivity contribution in [2.24, 2.45) is 11.8 Å². The number of hydrogen-bond acceptors (Lipinski definition) is 3. The number of rotatable bonds is 1. The van der Waals surface area contributed by atoms with Gasteiger partial charge in [0.1, 0.15) is 11.4 Å². The number of fused-ring (bicyclic) bond motifs is 3. The Bertz CT molecular complexity index is 752. The van der Waals surface area contributed by atoms with Gasteiger partial charge in [-0.1, -0.05) is 35.9 Å². The molecule has 2 aliphatic carbocycles. The number of hydrogen-bond donors (Lipinski definition) is 0. The van der Waals surface area contributed by atoms with Gasteiger partial charge in [0.25, 0.3) is 0 Å². The molecule has 124 valence electrons. The molecule has 3 fully saturated rings. The van der Waals surface area contributed by atoms with Crippen LogP contribution in [0.15, 0.2) is 41.5 Å². The van der Waals surface area contributed by atoms with E-state index in [0.717, 1.165) is 19.3 Å². The highest BCUT2D eigenvalue weighted by atomic mass is 16.6. The number of Topliss-reactive ketones (excluding diaryl/α,β-unsaturated/α-hetero) is 1. The Balaban J connectivity index is 1.56. The summed E-state index contributed by atoms with van der Waals surface area (Å²) in [7, 11) is 0. The van der Waals surface area contributed by atoms with Crippen molar-refractivity contribution in [1.29, 1.82) is 0 Å². The van der Waals surface area contributed by atoms with E-state index in [4.69, 9.17) is 9.47 Å². The fraction of sp³-hybridized carbons (Fsp3) is 0.571. The average molecular weight is 322 g/mol. The Labute approximate surface area is 142 Å². The van der Waals surface area contributed by atoms with Crippen molar-refractivity contribution in [3.63, 3.8) is 0 Å². The van der Waals surface area contributed by atoms with E-state index < -0.39 is 0 Å². The number of carbonyl (C=O) groups excluding carboxylic acids is 1. The Morgan fingerprint density at radius 1 is 1.04 bits per heavy atom. The third-order valence-corrected chi connectivity index (χ3v) is 7.18. The van der Waals surface area contributed by atoms with Crippen LogP contribution in [-0.2, 0) is 14.3 Å². The van der Waals surface area contributed by atoms with Crippen molar-refractivity contribution in [3.05, 3.63) is 47.0 Å². The molecular weight excluding hydrogens is 300 g/mol. The van der Waals surface area contributed by atoms with E-state index in [-0.39, 0.29) is 35.7 Å². The van der Waals surface area contributed by atoms with Gasteiger partial charge >= 0.3 is 0 Å². The highest BCUT2D eigenvalue weighted by Crippen LogP contribution is 2.66. The Kier molecular flexibility index (Phi) is 2.64. The van der Waals surface area contributed by atoms with Crippen LogP contribution in [0.25, 0.3) is 0 Å². The fourth-order valence-corrected chi connectivity index (χ4v) is 6.38. The maximum absolute atomic E-state index is 12.7. The van der Waals surface area contributed by atoms with Crippen molar-refractivity contribution in [2.45, 2.75) is 62.4 Å². The van der Waals surface area contributed by atoms with Gasteiger partial charge < -0.3 is 9.47 Å². The van der Waals surface area contributed by atoms with E-state index in [1.165, 1.54) is 24.0 Å². The predicted molar refractivity (Wildman–Crippen MR) is 88.4 cm³/mol. The van der Waals surface area contributed by atoms with E-state index >= 15 is 0 Å². The second kappa shape index (κ2) is 4.59. The van der Waals surface area contributed by atoms with Gasteiger partial charge in [-0.25, -0.2) is 0 Å². The molecule has 0 N–H and O–H groups in total. The first-order chi connectivity index (χ1) is 11.8. The smallest absolute Gasteiger partial charge is 0.139 e. The van der Waals surface area contributed by atoms with Gasteiger partial charge in [-0.15, -0.1) is 0 Å². The molecule has 0 radical (unpaired) electrons. The molecule has 24 heavy (non-hydrogen) atoms. The van der Waals surface area contributed by atoms with Gasteiger partial charge in [0, 0.05) is 12.3 Å². The number of ether oxygens (including phenoxy) is 2. The first-order valence-electron chi connectivity index (χ1n) is 9.42. The van der Waals surface area contributed by atoms with Crippen LogP contribution in [0.4, 0.5) is 0 Å². The number of carbonyl (C=O) groups is 1. The third-order valence-electron chi connectivity index (χ3n) is 7.18. The summed E-state index contributed by atoms with van der Waals surface area (Å²) >= 11 is 0. The molecule has 5 aliphatic rings. The largest absolute Gasteiger partial charge is 0.366 e. The van der Waals surface area contributed by atoms with Gasteiger partial charge in [0.2, 0.25) is 0 Å². The van der Waals surface area contributed by atoms with Crippen LogP contribution in [0, 0.1) is 11.8 Å². The molecule has 1 spiro atoms. The molecule has 2 saturated heterocycles. The molecule has 3 heteroatoms. The summed E-state index contributed by atoms with van der Waals surface area (Å²) < 4.78 is 13.3. The van der Waals surface area contributed by atoms with Crippen molar-refractivity contribution in [2.75, 3.05) is 0 Å². The Morgan fingerprint density at radius 2 is 1.88 bits per heavy atom. The second-order valence-corrected chi connectivity index (χ2v) is 8.09. The number of benzene rings is 1. The van der Waals surface area contributed by atoms with Crippen LogP contribution in [-0.4, -0.2) is 23.6 Å². The van der Waals surface area contributed by atoms with Crippen molar-refractivity contribution >= 4 is 5.78 Å². The first kappa shape index (κ1) is 13.8. The molecule has 3 heterocycles. The molecule has 3 aliphatic heterocycles. The maximum atomic E-state index is 12.7. The van der Waals surface area contributed by atoms with Crippen LogP contribution >= 0.6 is 0 Å². The summed E-state index contributed by atoms with van der Waals surface area (Å²) in [5, 5.41) is 0. The predicted octanol–water partition coefficient (Wildman–Crippen LogP) is 3.74. The maximum Gasteiger partial charge on any atom is 0.139 e. The quantitative estimate of drug-likeness (QED) is 0.739. The van der Waals surface area contributed by atoms with Crippen LogP contribution < -0.4 is 0 Å². The summed E-state index contributed by atoms with van der Waals surface area (Å²) in [5.74, 6) is 0.707. The van der Waals surface area contributed by atoms with Gasteiger partial charge in [-0.3, -0.25) is 4.79 Å². The lowest BCUT2D eigenvalue weighted by molar-refractivity contribution is -0.152. The van der Waals surface area contributed by atoms with Crippen molar-refractivity contribution < 1.29 is 14.3 Å². The summed E-state index contributed by atoms with van der Waals surface area (Å²) in [6, 6.07) is 10.6. The monoisotopic (exact) mass is 322 g/mol. The fourth-order valence-electron chi connectivity index (χ4n) is 6.38. The molecule has 3 nitrogen and oxygen atoms in total. The summed E-state index contributed by atoms with van der Waals surface area (Å²) in [4.78, 5) is 12.7. The van der Waals surface area contributed by atoms with Crippen LogP contribution in [0.1, 0.15) is 50.2 Å². The minimum atomic E-state index is -0.371. The molecule has 0 amide bonds. The van der Waals surface area contributed by atoms with Crippen LogP contribution in [0.3, 0.4) is 0 Å². The Hall–Kier alpha value is -1.45. The average Bonchev–Trinajstić information content (AvgIpc) is 3.29. The lowest BCUT2D eigenvalue weighted by Crippen LogP contribution is -2.56. The molecule has 6 rings (SSSR count). The standard InChI is InChI=1S/C21H22O3/c22-16-9-10-18-21-15(16)11-17(24-21)13-7-4-8-14(13)19(21)20(23-18)12-5-2-1-3-6-12/h1-3,5-6,15,17-20H,4,7-11H2/t15-,17-,18-,19+,20-,21-/m0/s1. The molecule has 0 unspecified atom stereocenters. The van der Waals surface area contributed by atoms with E-state index in [2.05, 4.69) is 30.3 Å².